The van der Waals surface area contributed by atoms with E-state index in [0.29, 0.717) is 5.02 Å². The van der Waals surface area contributed by atoms with Gasteiger partial charge in [0.2, 0.25) is 0 Å². The molecule has 0 aromatic heterocycles. The highest BCUT2D eigenvalue weighted by molar-refractivity contribution is 9.10. The summed E-state index contributed by atoms with van der Waals surface area (Å²) in [5.41, 5.74) is 11.2. The molecule has 5 heteroatoms. The summed E-state index contributed by atoms with van der Waals surface area (Å²) in [6.45, 7) is 16.1. The maximum Gasteiger partial charge on any atom is 0.145 e. The van der Waals surface area contributed by atoms with Crippen molar-refractivity contribution in [1.29, 1.82) is 0 Å². The minimum atomic E-state index is -2.57. The van der Waals surface area contributed by atoms with Crippen LogP contribution in [-0.2, 0) is 10.8 Å². The molecule has 7 aromatic carbocycles. The number of benzene rings is 7. The fraction of sp³-hybridized carbons (Fsp3) is 0.176. The lowest BCUT2D eigenvalue weighted by molar-refractivity contribution is 0.590. The standard InChI is InChI=1S/C51H48BrClN2Si/c1-50(2,3)36-25-23-35(24-26-36)45-21-11-12-22-46(45)55-41-16-14-20-44(34-41)56(7,42-17-9-8-10-18-42)43-19-13-15-40(33-43)54(47-31-38(53)32-48(55)49(47)52)39-29-27-37(28-30-39)51(4,5)6/h8-34H,1-7H3. The third-order valence-corrected chi connectivity index (χ3v) is 16.8. The highest BCUT2D eigenvalue weighted by Gasteiger charge is 2.36. The molecular weight excluding hydrogens is 784 g/mol. The zero-order chi connectivity index (χ0) is 39.4. The van der Waals surface area contributed by atoms with Crippen LogP contribution in [0.2, 0.25) is 11.6 Å². The minimum absolute atomic E-state index is 0.0287. The van der Waals surface area contributed by atoms with E-state index in [0.717, 1.165) is 49.7 Å². The van der Waals surface area contributed by atoms with Crippen molar-refractivity contribution in [2.45, 2.75) is 58.9 Å². The zero-order valence-electron chi connectivity index (χ0n) is 33.2. The first-order chi connectivity index (χ1) is 26.7. The third kappa shape index (κ3) is 6.93. The van der Waals surface area contributed by atoms with Crippen molar-refractivity contribution in [3.8, 4) is 11.1 Å². The Kier molecular flexibility index (Phi) is 9.89. The zero-order valence-corrected chi connectivity index (χ0v) is 36.6. The van der Waals surface area contributed by atoms with Crippen LogP contribution < -0.4 is 25.4 Å². The molecule has 280 valence electrons. The molecule has 1 heterocycles. The van der Waals surface area contributed by atoms with Crippen LogP contribution in [0, 0.1) is 0 Å². The Morgan fingerprint density at radius 2 is 0.946 bits per heavy atom. The topological polar surface area (TPSA) is 6.48 Å². The summed E-state index contributed by atoms with van der Waals surface area (Å²) >= 11 is 11.5. The second kappa shape index (κ2) is 14.6. The van der Waals surface area contributed by atoms with Gasteiger partial charge in [-0.3, -0.25) is 0 Å². The third-order valence-electron chi connectivity index (χ3n) is 11.4. The largest absolute Gasteiger partial charge is 0.309 e. The lowest BCUT2D eigenvalue weighted by atomic mass is 9.86. The number of nitrogens with zero attached hydrogens (tertiary/aromatic N) is 2. The molecule has 0 radical (unpaired) electrons. The smallest absolute Gasteiger partial charge is 0.145 e. The van der Waals surface area contributed by atoms with Crippen molar-refractivity contribution in [3.63, 3.8) is 0 Å². The number of anilines is 6. The first-order valence-corrected chi connectivity index (χ1v) is 23.1. The summed E-state index contributed by atoms with van der Waals surface area (Å²) in [7, 11) is -2.57. The van der Waals surface area contributed by atoms with Gasteiger partial charge in [0.25, 0.3) is 0 Å². The molecule has 0 saturated heterocycles. The highest BCUT2D eigenvalue weighted by atomic mass is 79.9. The number of para-hydroxylation sites is 1. The highest BCUT2D eigenvalue weighted by Crippen LogP contribution is 2.50. The van der Waals surface area contributed by atoms with Gasteiger partial charge in [-0.25, -0.2) is 0 Å². The molecule has 8 rings (SSSR count). The SMILES string of the molecule is CC(C)(C)c1ccc(-c2ccccc2N2c3cccc(c3)[Si](C)(c3ccccc3)c3cccc(c3)N(c3ccc(C(C)(C)C)cc3)c3cc(Cl)cc2c3Br)cc1. The van der Waals surface area contributed by atoms with Crippen molar-refractivity contribution < 1.29 is 0 Å². The van der Waals surface area contributed by atoms with Gasteiger partial charge in [0, 0.05) is 27.6 Å². The van der Waals surface area contributed by atoms with E-state index in [1.54, 1.807) is 0 Å². The Balaban J connectivity index is 1.45. The van der Waals surface area contributed by atoms with Gasteiger partial charge in [-0.2, -0.15) is 0 Å². The molecule has 56 heavy (non-hydrogen) atoms. The Labute approximate surface area is 347 Å². The van der Waals surface area contributed by atoms with E-state index >= 15 is 0 Å². The van der Waals surface area contributed by atoms with Gasteiger partial charge in [0.15, 0.2) is 0 Å². The van der Waals surface area contributed by atoms with E-state index in [4.69, 9.17) is 11.6 Å². The second-order valence-corrected chi connectivity index (χ2v) is 22.4. The van der Waals surface area contributed by atoms with Crippen LogP contribution in [0.25, 0.3) is 11.1 Å². The summed E-state index contributed by atoms with van der Waals surface area (Å²) in [4.78, 5) is 4.76. The summed E-state index contributed by atoms with van der Waals surface area (Å²) in [6, 6.07) is 60.5. The maximum atomic E-state index is 7.26. The molecule has 0 spiro atoms. The molecule has 0 N–H and O–H groups in total. The van der Waals surface area contributed by atoms with E-state index in [1.807, 2.05) is 0 Å². The van der Waals surface area contributed by atoms with E-state index in [1.165, 1.54) is 26.7 Å². The molecule has 7 aromatic rings. The number of fused-ring (bicyclic) bond motifs is 6. The summed E-state index contributed by atoms with van der Waals surface area (Å²) in [6.07, 6.45) is 0. The van der Waals surface area contributed by atoms with Crippen LogP contribution in [0.5, 0.6) is 0 Å². The van der Waals surface area contributed by atoms with E-state index < -0.39 is 8.07 Å². The maximum absolute atomic E-state index is 7.26. The average Bonchev–Trinajstić information content (AvgIpc) is 3.19. The fourth-order valence-electron chi connectivity index (χ4n) is 8.08. The van der Waals surface area contributed by atoms with E-state index in [2.05, 4.69) is 238 Å². The van der Waals surface area contributed by atoms with Crippen molar-refractivity contribution in [3.05, 3.63) is 184 Å². The number of hydrogen-bond acceptors (Lipinski definition) is 2. The molecule has 1 aliphatic heterocycles. The van der Waals surface area contributed by atoms with Gasteiger partial charge in [-0.1, -0.05) is 169 Å². The average molecular weight is 832 g/mol. The summed E-state index contributed by atoms with van der Waals surface area (Å²) in [5.74, 6) is 0. The van der Waals surface area contributed by atoms with Crippen LogP contribution in [0.15, 0.2) is 168 Å². The molecule has 1 atom stereocenters. The lowest BCUT2D eigenvalue weighted by Gasteiger charge is -2.36. The summed E-state index contributed by atoms with van der Waals surface area (Å²) in [5, 5.41) is 4.68. The molecule has 0 amide bonds. The van der Waals surface area contributed by atoms with Crippen LogP contribution in [0.4, 0.5) is 34.1 Å². The molecule has 6 bridgehead atoms. The number of halogens is 2. The molecule has 0 aliphatic carbocycles. The molecular formula is C51H48BrClN2Si. The molecule has 1 aliphatic rings. The van der Waals surface area contributed by atoms with Crippen molar-refractivity contribution >= 4 is 85.3 Å². The summed E-state index contributed by atoms with van der Waals surface area (Å²) < 4.78 is 0.944. The predicted molar refractivity (Wildman–Crippen MR) is 248 cm³/mol. The van der Waals surface area contributed by atoms with Crippen molar-refractivity contribution in [2.24, 2.45) is 0 Å². The van der Waals surface area contributed by atoms with Gasteiger partial charge in [0.1, 0.15) is 8.07 Å². The normalized spacial score (nSPS) is 15.6. The van der Waals surface area contributed by atoms with Crippen molar-refractivity contribution in [2.75, 3.05) is 9.80 Å². The quantitative estimate of drug-likeness (QED) is 0.163. The van der Waals surface area contributed by atoms with Gasteiger partial charge in [-0.05, 0) is 114 Å². The Hall–Kier alpha value is -4.87. The van der Waals surface area contributed by atoms with Gasteiger partial charge < -0.3 is 9.80 Å². The Morgan fingerprint density at radius 3 is 1.52 bits per heavy atom. The number of hydrogen-bond donors (Lipinski definition) is 0. The fourth-order valence-corrected chi connectivity index (χ4v) is 12.5. The Bertz CT molecular complexity index is 2540. The van der Waals surface area contributed by atoms with E-state index in [-0.39, 0.29) is 10.8 Å². The van der Waals surface area contributed by atoms with Crippen LogP contribution >= 0.6 is 27.5 Å². The van der Waals surface area contributed by atoms with Gasteiger partial charge in [0.05, 0.1) is 21.5 Å². The second-order valence-electron chi connectivity index (χ2n) is 17.2. The van der Waals surface area contributed by atoms with Crippen LogP contribution in [0.1, 0.15) is 52.7 Å². The van der Waals surface area contributed by atoms with E-state index in [9.17, 15) is 0 Å². The first-order valence-electron chi connectivity index (χ1n) is 19.4. The van der Waals surface area contributed by atoms with Crippen LogP contribution in [0.3, 0.4) is 0 Å². The Morgan fingerprint density at radius 1 is 0.464 bits per heavy atom. The van der Waals surface area contributed by atoms with Gasteiger partial charge in [-0.15, -0.1) is 0 Å². The molecule has 1 unspecified atom stereocenters. The van der Waals surface area contributed by atoms with Crippen LogP contribution in [-0.4, -0.2) is 8.07 Å². The monoisotopic (exact) mass is 830 g/mol. The lowest BCUT2D eigenvalue weighted by Crippen LogP contribution is -2.64. The molecule has 0 saturated carbocycles. The van der Waals surface area contributed by atoms with Crippen molar-refractivity contribution in [1.82, 2.24) is 0 Å². The first kappa shape index (κ1) is 38.0. The van der Waals surface area contributed by atoms with Gasteiger partial charge >= 0.3 is 0 Å². The molecule has 0 fully saturated rings. The molecule has 2 nitrogen and oxygen atoms in total. The predicted octanol–water partition coefficient (Wildman–Crippen LogP) is 13.7. The number of rotatable bonds is 4. The minimum Gasteiger partial charge on any atom is -0.309 e.